The summed E-state index contributed by atoms with van der Waals surface area (Å²) < 4.78 is 31.7. The van der Waals surface area contributed by atoms with E-state index < -0.39 is 10.0 Å². The molecule has 2 heterocycles. The van der Waals surface area contributed by atoms with Crippen LogP contribution < -0.4 is 5.32 Å². The fraction of sp³-hybridized carbons (Fsp3) is 0.385. The normalized spacial score (nSPS) is 12.2. The zero-order valence-corrected chi connectivity index (χ0v) is 13.1. The molecule has 0 fully saturated rings. The molecule has 0 aliphatic carbocycles. The van der Waals surface area contributed by atoms with Gasteiger partial charge in [0.2, 0.25) is 0 Å². The minimum Gasteiger partial charge on any atom is -0.468 e. The fourth-order valence-corrected chi connectivity index (χ4v) is 4.27. The van der Waals surface area contributed by atoms with Crippen molar-refractivity contribution < 1.29 is 12.8 Å². The maximum Gasteiger partial charge on any atom is 0.252 e. The highest BCUT2D eigenvalue weighted by Gasteiger charge is 2.23. The van der Waals surface area contributed by atoms with E-state index >= 15 is 0 Å². The number of nitrogens with zero attached hydrogens (tertiary/aromatic N) is 1. The maximum atomic E-state index is 12.4. The Hall–Kier alpha value is -1.15. The molecular weight excluding hydrogens is 296 g/mol. The second kappa shape index (κ2) is 6.53. The van der Waals surface area contributed by atoms with Gasteiger partial charge in [-0.05, 0) is 35.7 Å². The van der Waals surface area contributed by atoms with Gasteiger partial charge in [0.05, 0.1) is 12.8 Å². The van der Waals surface area contributed by atoms with E-state index in [1.807, 2.05) is 12.3 Å². The van der Waals surface area contributed by atoms with Crippen molar-refractivity contribution in [2.75, 3.05) is 13.6 Å². The van der Waals surface area contributed by atoms with E-state index in [2.05, 4.69) is 5.32 Å². The zero-order chi connectivity index (χ0) is 14.6. The summed E-state index contributed by atoms with van der Waals surface area (Å²) in [6.45, 7) is 3.79. The van der Waals surface area contributed by atoms with Gasteiger partial charge in [-0.25, -0.2) is 8.42 Å². The Morgan fingerprint density at radius 1 is 1.45 bits per heavy atom. The van der Waals surface area contributed by atoms with Crippen LogP contribution in [0, 0.1) is 0 Å². The molecule has 0 saturated carbocycles. The number of furan rings is 1. The summed E-state index contributed by atoms with van der Waals surface area (Å²) in [5.74, 6) is 0.625. The maximum absolute atomic E-state index is 12.4. The third-order valence-corrected chi connectivity index (χ3v) is 6.10. The van der Waals surface area contributed by atoms with Crippen molar-refractivity contribution in [3.8, 4) is 0 Å². The van der Waals surface area contributed by atoms with E-state index in [1.165, 1.54) is 21.9 Å². The van der Waals surface area contributed by atoms with E-state index in [9.17, 15) is 8.42 Å². The first-order valence-corrected chi connectivity index (χ1v) is 8.63. The molecule has 0 saturated heterocycles. The molecule has 110 valence electrons. The topological polar surface area (TPSA) is 62.6 Å². The largest absolute Gasteiger partial charge is 0.468 e. The lowest BCUT2D eigenvalue weighted by Gasteiger charge is -2.14. The number of sulfonamides is 1. The summed E-state index contributed by atoms with van der Waals surface area (Å²) in [5.41, 5.74) is 0.988. The van der Waals surface area contributed by atoms with Crippen molar-refractivity contribution in [2.45, 2.75) is 24.2 Å². The molecule has 0 aromatic carbocycles. The van der Waals surface area contributed by atoms with Crippen molar-refractivity contribution in [1.29, 1.82) is 0 Å². The summed E-state index contributed by atoms with van der Waals surface area (Å²) in [6, 6.07) is 5.23. The SMILES string of the molecule is CCNCc1csc(S(=O)(=O)N(C)Cc2ccco2)c1. The Morgan fingerprint density at radius 3 is 2.90 bits per heavy atom. The molecular formula is C13H18N2O3S2. The molecule has 7 heteroatoms. The van der Waals surface area contributed by atoms with Crippen LogP contribution in [0.2, 0.25) is 0 Å². The number of hydrogen-bond acceptors (Lipinski definition) is 5. The Balaban J connectivity index is 2.10. The average Bonchev–Trinajstić information content (AvgIpc) is 3.07. The van der Waals surface area contributed by atoms with Gasteiger partial charge >= 0.3 is 0 Å². The summed E-state index contributed by atoms with van der Waals surface area (Å²) in [4.78, 5) is 0. The van der Waals surface area contributed by atoms with Gasteiger partial charge in [-0.2, -0.15) is 4.31 Å². The van der Waals surface area contributed by atoms with Crippen LogP contribution in [0.1, 0.15) is 18.2 Å². The van der Waals surface area contributed by atoms with Crippen molar-refractivity contribution in [3.63, 3.8) is 0 Å². The van der Waals surface area contributed by atoms with Crippen molar-refractivity contribution in [3.05, 3.63) is 41.2 Å². The van der Waals surface area contributed by atoms with Crippen LogP contribution in [0.15, 0.2) is 38.5 Å². The quantitative estimate of drug-likeness (QED) is 0.851. The molecule has 20 heavy (non-hydrogen) atoms. The summed E-state index contributed by atoms with van der Waals surface area (Å²) >= 11 is 1.25. The molecule has 0 spiro atoms. The Labute approximate surface area is 123 Å². The standard InChI is InChI=1S/C13H18N2O3S2/c1-3-14-8-11-7-13(19-10-11)20(16,17)15(2)9-12-5-4-6-18-12/h4-7,10,14H,3,8-9H2,1-2H3. The number of nitrogens with one attached hydrogen (secondary N) is 1. The highest BCUT2D eigenvalue weighted by molar-refractivity contribution is 7.91. The van der Waals surface area contributed by atoms with Crippen LogP contribution in [0.4, 0.5) is 0 Å². The number of rotatable bonds is 7. The molecule has 0 atom stereocenters. The monoisotopic (exact) mass is 314 g/mol. The van der Waals surface area contributed by atoms with Crippen molar-refractivity contribution in [1.82, 2.24) is 9.62 Å². The minimum atomic E-state index is -3.46. The van der Waals surface area contributed by atoms with E-state index in [4.69, 9.17) is 4.42 Å². The third-order valence-electron chi connectivity index (χ3n) is 2.83. The lowest BCUT2D eigenvalue weighted by atomic mass is 10.3. The van der Waals surface area contributed by atoms with Crippen LogP contribution in [-0.2, 0) is 23.1 Å². The highest BCUT2D eigenvalue weighted by atomic mass is 32.2. The lowest BCUT2D eigenvalue weighted by molar-refractivity contribution is 0.407. The van der Waals surface area contributed by atoms with Crippen LogP contribution in [0.3, 0.4) is 0 Å². The van der Waals surface area contributed by atoms with Crippen LogP contribution >= 0.6 is 11.3 Å². The lowest BCUT2D eigenvalue weighted by Crippen LogP contribution is -2.25. The fourth-order valence-electron chi connectivity index (χ4n) is 1.71. The molecule has 0 radical (unpaired) electrons. The minimum absolute atomic E-state index is 0.232. The van der Waals surface area contributed by atoms with Crippen molar-refractivity contribution >= 4 is 21.4 Å². The molecule has 0 aliphatic heterocycles. The van der Waals surface area contributed by atoms with E-state index in [-0.39, 0.29) is 6.54 Å². The number of thiophene rings is 1. The first-order valence-electron chi connectivity index (χ1n) is 6.31. The third kappa shape index (κ3) is 3.49. The predicted molar refractivity (Wildman–Crippen MR) is 79.1 cm³/mol. The zero-order valence-electron chi connectivity index (χ0n) is 11.5. The molecule has 2 aromatic heterocycles. The first kappa shape index (κ1) is 15.2. The van der Waals surface area contributed by atoms with Crippen molar-refractivity contribution in [2.24, 2.45) is 0 Å². The average molecular weight is 314 g/mol. The molecule has 0 amide bonds. The first-order chi connectivity index (χ1) is 9.54. The Morgan fingerprint density at radius 2 is 2.25 bits per heavy atom. The van der Waals surface area contributed by atoms with Gasteiger partial charge in [0, 0.05) is 13.6 Å². The van der Waals surface area contributed by atoms with Crippen LogP contribution in [-0.4, -0.2) is 26.3 Å². The summed E-state index contributed by atoms with van der Waals surface area (Å²) in [7, 11) is -1.90. The van der Waals surface area contributed by atoms with E-state index in [1.54, 1.807) is 25.2 Å². The molecule has 0 unspecified atom stereocenters. The summed E-state index contributed by atoms with van der Waals surface area (Å²) in [6.07, 6.45) is 1.54. The van der Waals surface area contributed by atoms with Gasteiger partial charge in [-0.15, -0.1) is 11.3 Å². The second-order valence-electron chi connectivity index (χ2n) is 4.39. The van der Waals surface area contributed by atoms with Gasteiger partial charge in [-0.1, -0.05) is 6.92 Å². The smallest absolute Gasteiger partial charge is 0.252 e. The predicted octanol–water partition coefficient (Wildman–Crippen LogP) is 2.27. The van der Waals surface area contributed by atoms with Crippen LogP contribution in [0.25, 0.3) is 0 Å². The van der Waals surface area contributed by atoms with Gasteiger partial charge in [0.1, 0.15) is 9.97 Å². The summed E-state index contributed by atoms with van der Waals surface area (Å²) in [5, 5.41) is 5.05. The number of hydrogen-bond donors (Lipinski definition) is 1. The van der Waals surface area contributed by atoms with E-state index in [0.717, 1.165) is 12.1 Å². The second-order valence-corrected chi connectivity index (χ2v) is 7.58. The molecule has 0 bridgehead atoms. The Kier molecular flexibility index (Phi) is 4.98. The highest BCUT2D eigenvalue weighted by Crippen LogP contribution is 2.24. The van der Waals surface area contributed by atoms with Gasteiger partial charge in [0.15, 0.2) is 0 Å². The molecule has 2 aromatic rings. The Bertz CT molecular complexity index is 632. The van der Waals surface area contributed by atoms with E-state index in [0.29, 0.717) is 16.5 Å². The van der Waals surface area contributed by atoms with Gasteiger partial charge in [0.25, 0.3) is 10.0 Å². The van der Waals surface area contributed by atoms with Crippen LogP contribution in [0.5, 0.6) is 0 Å². The molecule has 5 nitrogen and oxygen atoms in total. The molecule has 1 N–H and O–H groups in total. The van der Waals surface area contributed by atoms with Gasteiger partial charge in [-0.3, -0.25) is 0 Å². The van der Waals surface area contributed by atoms with Gasteiger partial charge < -0.3 is 9.73 Å². The molecule has 2 rings (SSSR count). The molecule has 0 aliphatic rings.